The van der Waals surface area contributed by atoms with E-state index in [4.69, 9.17) is 0 Å². The number of fused-ring (bicyclic) bond motifs is 1. The van der Waals surface area contributed by atoms with Gasteiger partial charge in [0.15, 0.2) is 0 Å². The average Bonchev–Trinajstić information content (AvgIpc) is 2.65. The van der Waals surface area contributed by atoms with Crippen LogP contribution in [0.15, 0.2) is 24.4 Å². The Hall–Kier alpha value is -1.28. The van der Waals surface area contributed by atoms with Gasteiger partial charge in [-0.15, -0.1) is 0 Å². The highest BCUT2D eigenvalue weighted by Crippen LogP contribution is 2.26. The lowest BCUT2D eigenvalue weighted by Gasteiger charge is -2.26. The minimum atomic E-state index is 0.516. The molecule has 2 heteroatoms. The molecule has 1 heterocycles. The molecule has 1 aromatic carbocycles. The monoisotopic (exact) mass is 256 g/mol. The molecule has 1 saturated carbocycles. The summed E-state index contributed by atoms with van der Waals surface area (Å²) < 4.78 is 2.40. The molecule has 3 rings (SSSR count). The third-order valence-electron chi connectivity index (χ3n) is 4.31. The van der Waals surface area contributed by atoms with Gasteiger partial charge in [-0.05, 0) is 50.8 Å². The summed E-state index contributed by atoms with van der Waals surface area (Å²) in [7, 11) is 0. The summed E-state index contributed by atoms with van der Waals surface area (Å²) in [5, 5.41) is 5.09. The fourth-order valence-electron chi connectivity index (χ4n) is 2.87. The summed E-state index contributed by atoms with van der Waals surface area (Å²) in [6.45, 7) is 7.68. The van der Waals surface area contributed by atoms with Crippen LogP contribution in [0.25, 0.3) is 10.9 Å². The van der Waals surface area contributed by atoms with Crippen molar-refractivity contribution in [1.29, 1.82) is 0 Å². The molecule has 0 bridgehead atoms. The third-order valence-corrected chi connectivity index (χ3v) is 4.31. The van der Waals surface area contributed by atoms with Crippen molar-refractivity contribution in [3.05, 3.63) is 35.5 Å². The summed E-state index contributed by atoms with van der Waals surface area (Å²) in [5.41, 5.74) is 4.15. The summed E-state index contributed by atoms with van der Waals surface area (Å²) in [6, 6.07) is 8.08. The van der Waals surface area contributed by atoms with Crippen molar-refractivity contribution >= 4 is 10.9 Å². The predicted molar refractivity (Wildman–Crippen MR) is 81.5 cm³/mol. The number of aromatic nitrogens is 1. The second-order valence-corrected chi connectivity index (χ2v) is 6.18. The second-order valence-electron chi connectivity index (χ2n) is 6.18. The first-order valence-corrected chi connectivity index (χ1v) is 7.48. The van der Waals surface area contributed by atoms with Crippen LogP contribution in [0.1, 0.15) is 50.3 Å². The molecule has 1 aromatic heterocycles. The molecular weight excluding hydrogens is 232 g/mol. The van der Waals surface area contributed by atoms with Gasteiger partial charge in [0, 0.05) is 35.7 Å². The van der Waals surface area contributed by atoms with E-state index in [1.165, 1.54) is 41.3 Å². The number of benzene rings is 1. The lowest BCUT2D eigenvalue weighted by atomic mass is 9.93. The van der Waals surface area contributed by atoms with E-state index in [2.05, 4.69) is 55.1 Å². The Bertz CT molecular complexity index is 576. The van der Waals surface area contributed by atoms with Crippen LogP contribution in [0, 0.1) is 6.92 Å². The van der Waals surface area contributed by atoms with E-state index >= 15 is 0 Å². The smallest absolute Gasteiger partial charge is 0.0488 e. The van der Waals surface area contributed by atoms with Crippen molar-refractivity contribution in [2.75, 3.05) is 0 Å². The normalized spacial score (nSPS) is 16.2. The maximum Gasteiger partial charge on any atom is 0.0488 e. The lowest BCUT2D eigenvalue weighted by molar-refractivity contribution is 0.338. The first-order valence-electron chi connectivity index (χ1n) is 7.48. The number of hydrogen-bond acceptors (Lipinski definition) is 1. The van der Waals surface area contributed by atoms with Gasteiger partial charge in [0.2, 0.25) is 0 Å². The number of nitrogens with one attached hydrogen (secondary N) is 1. The third kappa shape index (κ3) is 2.42. The Kier molecular flexibility index (Phi) is 3.36. The fraction of sp³-hybridized carbons (Fsp3) is 0.529. The fourth-order valence-corrected chi connectivity index (χ4v) is 2.87. The van der Waals surface area contributed by atoms with Crippen molar-refractivity contribution in [2.24, 2.45) is 0 Å². The molecule has 1 aliphatic rings. The van der Waals surface area contributed by atoms with Crippen LogP contribution in [-0.2, 0) is 6.54 Å². The quantitative estimate of drug-likeness (QED) is 0.868. The van der Waals surface area contributed by atoms with E-state index in [-0.39, 0.29) is 0 Å². The lowest BCUT2D eigenvalue weighted by Crippen LogP contribution is -2.34. The van der Waals surface area contributed by atoms with Gasteiger partial charge in [0.25, 0.3) is 0 Å². The Morgan fingerprint density at radius 3 is 2.74 bits per heavy atom. The average molecular weight is 256 g/mol. The van der Waals surface area contributed by atoms with E-state index in [9.17, 15) is 0 Å². The number of hydrogen-bond donors (Lipinski definition) is 1. The van der Waals surface area contributed by atoms with Crippen LogP contribution in [0.3, 0.4) is 0 Å². The molecule has 1 fully saturated rings. The largest absolute Gasteiger partial charge is 0.345 e. The molecule has 0 atom stereocenters. The zero-order valence-corrected chi connectivity index (χ0v) is 12.2. The maximum atomic E-state index is 3.68. The highest BCUT2D eigenvalue weighted by atomic mass is 15.0. The van der Waals surface area contributed by atoms with Crippen LogP contribution in [0.5, 0.6) is 0 Å². The zero-order valence-electron chi connectivity index (χ0n) is 12.2. The van der Waals surface area contributed by atoms with Gasteiger partial charge in [0.05, 0.1) is 0 Å². The first kappa shape index (κ1) is 12.7. The predicted octanol–water partition coefficient (Wildman–Crippen LogP) is 4.17. The number of nitrogens with zero attached hydrogens (tertiary/aromatic N) is 1. The summed E-state index contributed by atoms with van der Waals surface area (Å²) in [6.07, 6.45) is 6.43. The summed E-state index contributed by atoms with van der Waals surface area (Å²) in [5.74, 6) is 0. The van der Waals surface area contributed by atoms with Crippen LogP contribution in [0.2, 0.25) is 0 Å². The van der Waals surface area contributed by atoms with Crippen molar-refractivity contribution in [1.82, 2.24) is 9.88 Å². The maximum absolute atomic E-state index is 3.68. The molecule has 0 aliphatic heterocycles. The van der Waals surface area contributed by atoms with Crippen molar-refractivity contribution in [2.45, 2.75) is 58.7 Å². The van der Waals surface area contributed by atoms with Gasteiger partial charge < -0.3 is 9.88 Å². The van der Waals surface area contributed by atoms with Gasteiger partial charge in [-0.3, -0.25) is 0 Å². The number of aryl methyl sites for hydroxylation is 1. The van der Waals surface area contributed by atoms with Crippen LogP contribution in [-0.4, -0.2) is 10.6 Å². The molecule has 19 heavy (non-hydrogen) atoms. The van der Waals surface area contributed by atoms with Crippen molar-refractivity contribution in [3.8, 4) is 0 Å². The van der Waals surface area contributed by atoms with E-state index in [0.29, 0.717) is 6.04 Å². The SMILES string of the molecule is Cc1ccc2c(CNC3CCC3)cn(C(C)C)c2c1. The van der Waals surface area contributed by atoms with Gasteiger partial charge >= 0.3 is 0 Å². The highest BCUT2D eigenvalue weighted by molar-refractivity contribution is 5.84. The standard InChI is InChI=1S/C17H24N2/c1-12(2)19-11-14(10-18-15-5-4-6-15)16-8-7-13(3)9-17(16)19/h7-9,11-12,15,18H,4-6,10H2,1-3H3. The molecule has 0 radical (unpaired) electrons. The summed E-state index contributed by atoms with van der Waals surface area (Å²) in [4.78, 5) is 0. The molecule has 1 N–H and O–H groups in total. The minimum absolute atomic E-state index is 0.516. The van der Waals surface area contributed by atoms with E-state index in [0.717, 1.165) is 12.6 Å². The highest BCUT2D eigenvalue weighted by Gasteiger charge is 2.17. The Morgan fingerprint density at radius 2 is 2.11 bits per heavy atom. The molecule has 102 valence electrons. The molecule has 1 aliphatic carbocycles. The van der Waals surface area contributed by atoms with Crippen molar-refractivity contribution < 1.29 is 0 Å². The van der Waals surface area contributed by atoms with Gasteiger partial charge in [0.1, 0.15) is 0 Å². The van der Waals surface area contributed by atoms with Crippen LogP contribution < -0.4 is 5.32 Å². The molecule has 2 nitrogen and oxygen atoms in total. The Balaban J connectivity index is 1.94. The van der Waals surface area contributed by atoms with E-state index in [1.54, 1.807) is 0 Å². The Morgan fingerprint density at radius 1 is 1.32 bits per heavy atom. The first-order chi connectivity index (χ1) is 9.15. The molecule has 2 aromatic rings. The van der Waals surface area contributed by atoms with Gasteiger partial charge in [-0.25, -0.2) is 0 Å². The van der Waals surface area contributed by atoms with Gasteiger partial charge in [-0.1, -0.05) is 18.6 Å². The topological polar surface area (TPSA) is 17.0 Å². The Labute approximate surface area is 115 Å². The van der Waals surface area contributed by atoms with Crippen LogP contribution in [0.4, 0.5) is 0 Å². The van der Waals surface area contributed by atoms with E-state index < -0.39 is 0 Å². The van der Waals surface area contributed by atoms with E-state index in [1.807, 2.05) is 0 Å². The molecule has 0 spiro atoms. The van der Waals surface area contributed by atoms with Crippen LogP contribution >= 0.6 is 0 Å². The molecular formula is C17H24N2. The molecule has 0 unspecified atom stereocenters. The van der Waals surface area contributed by atoms with Gasteiger partial charge in [-0.2, -0.15) is 0 Å². The minimum Gasteiger partial charge on any atom is -0.345 e. The molecule has 0 saturated heterocycles. The second kappa shape index (κ2) is 5.01. The van der Waals surface area contributed by atoms with Crippen molar-refractivity contribution in [3.63, 3.8) is 0 Å². The summed E-state index contributed by atoms with van der Waals surface area (Å²) >= 11 is 0. The number of rotatable bonds is 4. The molecule has 0 amide bonds. The zero-order chi connectivity index (χ0) is 13.4.